The maximum Gasteiger partial charge on any atom is 0.226 e. The number of nitrogens with one attached hydrogen (secondary N) is 1. The van der Waals surface area contributed by atoms with Gasteiger partial charge in [0.25, 0.3) is 0 Å². The second-order valence-electron chi connectivity index (χ2n) is 5.11. The molecule has 1 saturated heterocycles. The summed E-state index contributed by atoms with van der Waals surface area (Å²) in [7, 11) is 0. The van der Waals surface area contributed by atoms with E-state index in [-0.39, 0.29) is 24.0 Å². The first kappa shape index (κ1) is 13.9. The fourth-order valence-electron chi connectivity index (χ4n) is 2.58. The molecule has 1 amide bonds. The Morgan fingerprint density at radius 1 is 1.58 bits per heavy atom. The summed E-state index contributed by atoms with van der Waals surface area (Å²) < 4.78 is 5.56. The second kappa shape index (κ2) is 6.06. The topological polar surface area (TPSA) is 64.3 Å². The lowest BCUT2D eigenvalue weighted by molar-refractivity contribution is -0.127. The van der Waals surface area contributed by atoms with E-state index in [0.717, 1.165) is 18.4 Å². The number of amides is 1. The molecule has 1 aliphatic heterocycles. The Balaban J connectivity index is 1.98. The van der Waals surface area contributed by atoms with Crippen molar-refractivity contribution in [2.45, 2.75) is 38.8 Å². The van der Waals surface area contributed by atoms with Gasteiger partial charge < -0.3 is 15.8 Å². The summed E-state index contributed by atoms with van der Waals surface area (Å²) in [6, 6.07) is 7.59. The maximum atomic E-state index is 12.3. The van der Waals surface area contributed by atoms with Crippen molar-refractivity contribution in [1.82, 2.24) is 5.32 Å². The van der Waals surface area contributed by atoms with Crippen LogP contribution in [-0.2, 0) is 9.53 Å². The normalized spacial score (nSPS) is 24.1. The summed E-state index contributed by atoms with van der Waals surface area (Å²) in [6.45, 7) is 4.71. The molecule has 0 aliphatic carbocycles. The van der Waals surface area contributed by atoms with Crippen LogP contribution in [0, 0.1) is 5.92 Å². The minimum atomic E-state index is -0.0332. The van der Waals surface area contributed by atoms with E-state index < -0.39 is 0 Å². The van der Waals surface area contributed by atoms with Crippen LogP contribution in [0.2, 0.25) is 0 Å². The van der Waals surface area contributed by atoms with Gasteiger partial charge in [0.15, 0.2) is 0 Å². The fraction of sp³-hybridized carbons (Fsp3) is 0.533. The number of ether oxygens (including phenoxy) is 1. The number of carbonyl (C=O) groups is 1. The lowest BCUT2D eigenvalue weighted by Gasteiger charge is -2.20. The molecule has 0 aromatic heterocycles. The molecule has 4 nitrogen and oxygen atoms in total. The number of nitrogen functional groups attached to an aromatic ring is 1. The maximum absolute atomic E-state index is 12.3. The van der Waals surface area contributed by atoms with E-state index in [2.05, 4.69) is 12.2 Å². The van der Waals surface area contributed by atoms with Gasteiger partial charge >= 0.3 is 0 Å². The van der Waals surface area contributed by atoms with Gasteiger partial charge in [0.2, 0.25) is 5.91 Å². The minimum absolute atomic E-state index is 0.0199. The minimum Gasteiger partial charge on any atom is -0.399 e. The molecule has 4 heteroatoms. The van der Waals surface area contributed by atoms with Gasteiger partial charge in [-0.05, 0) is 37.5 Å². The highest BCUT2D eigenvalue weighted by Crippen LogP contribution is 2.25. The van der Waals surface area contributed by atoms with Crippen LogP contribution in [0.5, 0.6) is 0 Å². The quantitative estimate of drug-likeness (QED) is 0.818. The average molecular weight is 262 g/mol. The van der Waals surface area contributed by atoms with Crippen LogP contribution in [0.4, 0.5) is 5.69 Å². The second-order valence-corrected chi connectivity index (χ2v) is 5.11. The predicted octanol–water partition coefficient (Wildman–Crippen LogP) is 2.26. The largest absolute Gasteiger partial charge is 0.399 e. The van der Waals surface area contributed by atoms with Gasteiger partial charge in [0, 0.05) is 12.3 Å². The SMILES string of the molecule is CCC1OCCC1C(=O)NC(C)c1cccc(N)c1. The summed E-state index contributed by atoms with van der Waals surface area (Å²) >= 11 is 0. The van der Waals surface area contributed by atoms with Crippen LogP contribution in [0.15, 0.2) is 24.3 Å². The lowest BCUT2D eigenvalue weighted by Crippen LogP contribution is -2.36. The molecule has 1 fully saturated rings. The highest BCUT2D eigenvalue weighted by atomic mass is 16.5. The Labute approximate surface area is 114 Å². The highest BCUT2D eigenvalue weighted by Gasteiger charge is 2.33. The van der Waals surface area contributed by atoms with Gasteiger partial charge in [-0.3, -0.25) is 4.79 Å². The highest BCUT2D eigenvalue weighted by molar-refractivity contribution is 5.80. The summed E-state index contributed by atoms with van der Waals surface area (Å²) in [5.41, 5.74) is 7.51. The Kier molecular flexibility index (Phi) is 4.43. The van der Waals surface area contributed by atoms with Crippen molar-refractivity contribution >= 4 is 11.6 Å². The van der Waals surface area contributed by atoms with Crippen LogP contribution in [0.25, 0.3) is 0 Å². The molecule has 3 unspecified atom stereocenters. The summed E-state index contributed by atoms with van der Waals surface area (Å²) in [5, 5.41) is 3.06. The molecule has 1 aromatic rings. The van der Waals surface area contributed by atoms with Gasteiger partial charge in [0.1, 0.15) is 0 Å². The number of nitrogens with two attached hydrogens (primary N) is 1. The summed E-state index contributed by atoms with van der Waals surface area (Å²) in [6.07, 6.45) is 1.76. The number of rotatable bonds is 4. The van der Waals surface area contributed by atoms with E-state index >= 15 is 0 Å². The van der Waals surface area contributed by atoms with E-state index in [9.17, 15) is 4.79 Å². The van der Waals surface area contributed by atoms with Crippen LogP contribution < -0.4 is 11.1 Å². The van der Waals surface area contributed by atoms with E-state index in [4.69, 9.17) is 10.5 Å². The van der Waals surface area contributed by atoms with Crippen molar-refractivity contribution in [3.05, 3.63) is 29.8 Å². The first-order valence-electron chi connectivity index (χ1n) is 6.89. The number of carbonyl (C=O) groups excluding carboxylic acids is 1. The van der Waals surface area contributed by atoms with Crippen LogP contribution in [0.3, 0.4) is 0 Å². The van der Waals surface area contributed by atoms with Gasteiger partial charge in [0.05, 0.1) is 18.1 Å². The predicted molar refractivity (Wildman–Crippen MR) is 75.6 cm³/mol. The van der Waals surface area contributed by atoms with E-state index in [1.165, 1.54) is 0 Å². The Bertz CT molecular complexity index is 448. The first-order valence-corrected chi connectivity index (χ1v) is 6.89. The molecule has 0 bridgehead atoms. The molecule has 0 saturated carbocycles. The lowest BCUT2D eigenvalue weighted by atomic mass is 9.97. The molecule has 2 rings (SSSR count). The van der Waals surface area contributed by atoms with Gasteiger partial charge in [-0.15, -0.1) is 0 Å². The molecule has 1 aromatic carbocycles. The summed E-state index contributed by atoms with van der Waals surface area (Å²) in [4.78, 5) is 12.3. The average Bonchev–Trinajstić information content (AvgIpc) is 2.87. The third-order valence-corrected chi connectivity index (χ3v) is 3.72. The molecule has 1 heterocycles. The molecule has 0 spiro atoms. The molecule has 0 radical (unpaired) electrons. The van der Waals surface area contributed by atoms with Crippen molar-refractivity contribution in [2.75, 3.05) is 12.3 Å². The summed E-state index contributed by atoms with van der Waals surface area (Å²) in [5.74, 6) is 0.0628. The molecule has 1 aliphatic rings. The molecule has 3 atom stereocenters. The van der Waals surface area contributed by atoms with Gasteiger partial charge in [-0.1, -0.05) is 19.1 Å². The molecule has 104 valence electrons. The van der Waals surface area contributed by atoms with Crippen LogP contribution >= 0.6 is 0 Å². The van der Waals surface area contributed by atoms with Crippen molar-refractivity contribution < 1.29 is 9.53 Å². The van der Waals surface area contributed by atoms with E-state index in [1.54, 1.807) is 0 Å². The fourth-order valence-corrected chi connectivity index (χ4v) is 2.58. The zero-order valence-electron chi connectivity index (χ0n) is 11.6. The molecular formula is C15H22N2O2. The van der Waals surface area contributed by atoms with Crippen molar-refractivity contribution in [3.63, 3.8) is 0 Å². The van der Waals surface area contributed by atoms with Gasteiger partial charge in [-0.25, -0.2) is 0 Å². The number of hydrogen-bond acceptors (Lipinski definition) is 3. The Morgan fingerprint density at radius 2 is 2.37 bits per heavy atom. The number of hydrogen-bond donors (Lipinski definition) is 2. The van der Waals surface area contributed by atoms with Gasteiger partial charge in [-0.2, -0.15) is 0 Å². The molecule has 19 heavy (non-hydrogen) atoms. The van der Waals surface area contributed by atoms with Crippen LogP contribution in [0.1, 0.15) is 38.3 Å². The van der Waals surface area contributed by atoms with Crippen molar-refractivity contribution in [2.24, 2.45) is 5.92 Å². The van der Waals surface area contributed by atoms with E-state index in [1.807, 2.05) is 31.2 Å². The molecular weight excluding hydrogens is 240 g/mol. The zero-order chi connectivity index (χ0) is 13.8. The van der Waals surface area contributed by atoms with Crippen LogP contribution in [-0.4, -0.2) is 18.6 Å². The first-order chi connectivity index (χ1) is 9.11. The Morgan fingerprint density at radius 3 is 3.05 bits per heavy atom. The molecule has 3 N–H and O–H groups in total. The third-order valence-electron chi connectivity index (χ3n) is 3.72. The number of anilines is 1. The van der Waals surface area contributed by atoms with Crippen molar-refractivity contribution in [3.8, 4) is 0 Å². The number of benzene rings is 1. The Hall–Kier alpha value is -1.55. The third kappa shape index (κ3) is 3.26. The standard InChI is InChI=1S/C15H22N2O2/c1-3-14-13(7-8-19-14)15(18)17-10(2)11-5-4-6-12(16)9-11/h4-6,9-10,13-14H,3,7-8,16H2,1-2H3,(H,17,18). The zero-order valence-corrected chi connectivity index (χ0v) is 11.6. The van der Waals surface area contributed by atoms with Crippen molar-refractivity contribution in [1.29, 1.82) is 0 Å². The van der Waals surface area contributed by atoms with E-state index in [0.29, 0.717) is 12.3 Å². The smallest absolute Gasteiger partial charge is 0.226 e. The monoisotopic (exact) mass is 262 g/mol.